The minimum Gasteiger partial charge on any atom is -0.505 e. The van der Waals surface area contributed by atoms with Crippen molar-refractivity contribution in [2.24, 2.45) is 20.5 Å². The molecule has 8 aromatic rings. The number of fused-ring (bicyclic) bond motifs is 3. The van der Waals surface area contributed by atoms with Crippen molar-refractivity contribution in [1.29, 1.82) is 0 Å². The largest absolute Gasteiger partial charge is 0.505 e. The molecule has 60 heavy (non-hydrogen) atoms. The van der Waals surface area contributed by atoms with Crippen LogP contribution in [0, 0.1) is 6.92 Å². The summed E-state index contributed by atoms with van der Waals surface area (Å²) in [6, 6.07) is 47.0. The average molecular weight is 790 g/mol. The predicted molar refractivity (Wildman–Crippen MR) is 233 cm³/mol. The van der Waals surface area contributed by atoms with Gasteiger partial charge in [0.05, 0.1) is 28.2 Å². The van der Waals surface area contributed by atoms with Gasteiger partial charge in [0, 0.05) is 33.8 Å². The zero-order chi connectivity index (χ0) is 41.2. The minimum absolute atomic E-state index is 0.0723. The van der Waals surface area contributed by atoms with E-state index in [1.54, 1.807) is 48.5 Å². The topological polar surface area (TPSA) is 169 Å². The predicted octanol–water partition coefficient (Wildman–Crippen LogP) is 12.6. The maximum absolute atomic E-state index is 13.3. The highest BCUT2D eigenvalue weighted by Crippen LogP contribution is 2.44. The fraction of sp³-hybridized carbons (Fsp3) is 0.0417. The number of azo groups is 2. The number of nitrogens with zero attached hydrogens (tertiary/aromatic N) is 4. The van der Waals surface area contributed by atoms with Gasteiger partial charge in [0.2, 0.25) is 0 Å². The van der Waals surface area contributed by atoms with Crippen molar-refractivity contribution >= 4 is 73.2 Å². The second-order valence-corrected chi connectivity index (χ2v) is 14.1. The number of carbonyl (C=O) groups is 2. The van der Waals surface area contributed by atoms with Crippen molar-refractivity contribution in [3.05, 3.63) is 180 Å². The van der Waals surface area contributed by atoms with Crippen LogP contribution in [-0.2, 0) is 0 Å². The Morgan fingerprint density at radius 2 is 1.12 bits per heavy atom. The molecule has 0 fully saturated rings. The van der Waals surface area contributed by atoms with Crippen molar-refractivity contribution < 1.29 is 24.5 Å². The molecule has 12 nitrogen and oxygen atoms in total. The first-order chi connectivity index (χ1) is 29.3. The summed E-state index contributed by atoms with van der Waals surface area (Å²) in [6.45, 7) is 1.90. The maximum atomic E-state index is 13.3. The van der Waals surface area contributed by atoms with Gasteiger partial charge in [-0.2, -0.15) is 10.2 Å². The second-order valence-electron chi connectivity index (χ2n) is 14.1. The fourth-order valence-corrected chi connectivity index (χ4v) is 7.03. The van der Waals surface area contributed by atoms with Gasteiger partial charge in [-0.3, -0.25) is 9.59 Å². The van der Waals surface area contributed by atoms with Crippen molar-refractivity contribution in [2.45, 2.75) is 13.2 Å². The third-order valence-corrected chi connectivity index (χ3v) is 10.1. The van der Waals surface area contributed by atoms with Crippen LogP contribution in [0.4, 0.5) is 39.8 Å². The average Bonchev–Trinajstić information content (AvgIpc) is 3.70. The van der Waals surface area contributed by atoms with Crippen molar-refractivity contribution in [2.75, 3.05) is 16.0 Å². The number of nitrogens with one attached hydrogen (secondary N) is 3. The Labute approximate surface area is 343 Å². The lowest BCUT2D eigenvalue weighted by Crippen LogP contribution is -2.12. The van der Waals surface area contributed by atoms with E-state index in [2.05, 4.69) is 36.4 Å². The normalized spacial score (nSPS) is 13.3. The number of benzene rings is 8. The van der Waals surface area contributed by atoms with Crippen LogP contribution < -0.4 is 20.7 Å². The quantitative estimate of drug-likeness (QED) is 0.0911. The highest BCUT2D eigenvalue weighted by atomic mass is 16.5. The molecule has 5 N–H and O–H groups in total. The van der Waals surface area contributed by atoms with Crippen LogP contribution in [0.5, 0.6) is 17.2 Å². The second kappa shape index (κ2) is 15.9. The lowest BCUT2D eigenvalue weighted by molar-refractivity contribution is 0.101. The smallest absolute Gasteiger partial charge is 0.259 e. The van der Waals surface area contributed by atoms with Crippen molar-refractivity contribution in [1.82, 2.24) is 0 Å². The summed E-state index contributed by atoms with van der Waals surface area (Å²) in [5.74, 6) is -0.941. The van der Waals surface area contributed by atoms with Gasteiger partial charge in [-0.05, 0) is 83.9 Å². The van der Waals surface area contributed by atoms with Crippen LogP contribution >= 0.6 is 0 Å². The molecule has 0 saturated carbocycles. The van der Waals surface area contributed by atoms with Crippen LogP contribution in [0.15, 0.2) is 178 Å². The van der Waals surface area contributed by atoms with Gasteiger partial charge < -0.3 is 30.9 Å². The number of aromatic hydroxyl groups is 2. The number of ether oxygens (including phenoxy) is 1. The first-order valence-corrected chi connectivity index (χ1v) is 19.0. The van der Waals surface area contributed by atoms with Gasteiger partial charge in [0.15, 0.2) is 17.7 Å². The van der Waals surface area contributed by atoms with E-state index in [4.69, 9.17) is 4.74 Å². The number of anilines is 3. The molecule has 0 spiro atoms. The van der Waals surface area contributed by atoms with E-state index in [1.807, 2.05) is 116 Å². The third-order valence-electron chi connectivity index (χ3n) is 10.1. The number of carbonyl (C=O) groups excluding carboxylic acids is 2. The summed E-state index contributed by atoms with van der Waals surface area (Å²) >= 11 is 0. The zero-order valence-corrected chi connectivity index (χ0v) is 32.0. The van der Waals surface area contributed by atoms with E-state index in [-0.39, 0.29) is 34.0 Å². The van der Waals surface area contributed by atoms with Crippen LogP contribution in [-0.4, -0.2) is 22.0 Å². The number of hydrogen-bond donors (Lipinski definition) is 5. The summed E-state index contributed by atoms with van der Waals surface area (Å²) in [4.78, 5) is 26.5. The standard InChI is InChI=1S/C48H35N7O5/c1-28-24-31(20-22-39(28)53-55-43-36-19-11-9-13-30(36)26-38(45(43)57)47(59)50-33-16-6-3-7-17-33)48-51-40-23-21-34(27-41(40)60-48)52-54-42-35-18-10-8-12-29(35)25-37(44(42)56)46(58)49-32-14-4-2-5-15-32/h2-27,48,51,56-57H,1H3,(H,49,58)(H,50,59). The number of rotatable bonds is 9. The Kier molecular flexibility index (Phi) is 9.84. The molecule has 0 saturated heterocycles. The first-order valence-electron chi connectivity index (χ1n) is 19.0. The molecule has 1 aliphatic heterocycles. The Morgan fingerprint density at radius 1 is 0.583 bits per heavy atom. The molecular weight excluding hydrogens is 755 g/mol. The van der Waals surface area contributed by atoms with Gasteiger partial charge in [-0.15, -0.1) is 10.2 Å². The molecule has 2 amide bonds. The van der Waals surface area contributed by atoms with Gasteiger partial charge in [-0.25, -0.2) is 0 Å². The van der Waals surface area contributed by atoms with Crippen LogP contribution in [0.3, 0.4) is 0 Å². The summed E-state index contributed by atoms with van der Waals surface area (Å²) in [5.41, 5.74) is 5.14. The van der Waals surface area contributed by atoms with E-state index in [0.717, 1.165) is 27.6 Å². The Bertz CT molecular complexity index is 3030. The number of phenols is 2. The SMILES string of the molecule is Cc1cc(C2Nc3ccc(N=Nc4c(O)c(C(=O)Nc5ccccc5)cc5ccccc45)cc3O2)ccc1N=Nc1c(O)c(C(=O)Nc2ccccc2)cc2ccccc12. The molecular formula is C48H35N7O5. The molecule has 0 radical (unpaired) electrons. The van der Waals surface area contributed by atoms with Gasteiger partial charge in [0.25, 0.3) is 11.8 Å². The lowest BCUT2D eigenvalue weighted by Gasteiger charge is -2.13. The number of aryl methyl sites for hydroxylation is 1. The molecule has 292 valence electrons. The van der Waals surface area contributed by atoms with Gasteiger partial charge >= 0.3 is 0 Å². The van der Waals surface area contributed by atoms with E-state index < -0.39 is 18.0 Å². The molecule has 0 aliphatic carbocycles. The molecule has 1 atom stereocenters. The molecule has 12 heteroatoms. The fourth-order valence-electron chi connectivity index (χ4n) is 7.03. The summed E-state index contributed by atoms with van der Waals surface area (Å²) < 4.78 is 6.31. The molecule has 1 heterocycles. The first kappa shape index (κ1) is 37.2. The van der Waals surface area contributed by atoms with Crippen molar-refractivity contribution in [3.63, 3.8) is 0 Å². The van der Waals surface area contributed by atoms with Crippen LogP contribution in [0.25, 0.3) is 21.5 Å². The zero-order valence-electron chi connectivity index (χ0n) is 32.0. The summed E-state index contributed by atoms with van der Waals surface area (Å²) in [6.07, 6.45) is -0.516. The third kappa shape index (κ3) is 7.43. The number of amides is 2. The van der Waals surface area contributed by atoms with E-state index in [9.17, 15) is 19.8 Å². The Hall–Kier alpha value is -8.38. The minimum atomic E-state index is -0.516. The number of phenolic OH excluding ortho intramolecular Hbond substituents is 2. The van der Waals surface area contributed by atoms with Crippen LogP contribution in [0.2, 0.25) is 0 Å². The monoisotopic (exact) mass is 789 g/mol. The molecule has 0 aromatic heterocycles. The molecule has 8 aromatic carbocycles. The van der Waals surface area contributed by atoms with Gasteiger partial charge in [-0.1, -0.05) is 91.0 Å². The maximum Gasteiger partial charge on any atom is 0.259 e. The summed E-state index contributed by atoms with van der Waals surface area (Å²) in [7, 11) is 0. The van der Waals surface area contributed by atoms with Crippen LogP contribution in [0.1, 0.15) is 38.1 Å². The number of para-hydroxylation sites is 2. The summed E-state index contributed by atoms with van der Waals surface area (Å²) in [5, 5.41) is 52.2. The lowest BCUT2D eigenvalue weighted by atomic mass is 10.0. The van der Waals surface area contributed by atoms with E-state index >= 15 is 0 Å². The number of hydrogen-bond acceptors (Lipinski definition) is 10. The molecule has 9 rings (SSSR count). The van der Waals surface area contributed by atoms with E-state index in [1.165, 1.54) is 0 Å². The van der Waals surface area contributed by atoms with Crippen molar-refractivity contribution in [3.8, 4) is 17.2 Å². The Balaban J connectivity index is 0.933. The molecule has 0 bridgehead atoms. The highest BCUT2D eigenvalue weighted by molar-refractivity contribution is 6.12. The molecule has 1 unspecified atom stereocenters. The highest BCUT2D eigenvalue weighted by Gasteiger charge is 2.25. The van der Waals surface area contributed by atoms with Gasteiger partial charge in [0.1, 0.15) is 17.1 Å². The van der Waals surface area contributed by atoms with E-state index in [0.29, 0.717) is 39.3 Å². The molecule has 1 aliphatic rings. The Morgan fingerprint density at radius 3 is 1.68 bits per heavy atom.